The van der Waals surface area contributed by atoms with E-state index >= 15 is 0 Å². The Morgan fingerprint density at radius 1 is 1.02 bits per heavy atom. The van der Waals surface area contributed by atoms with Crippen molar-refractivity contribution in [3.05, 3.63) is 47.9 Å². The molecule has 0 bridgehead atoms. The Labute approximate surface area is 276 Å². The Kier molecular flexibility index (Phi) is 12.2. The van der Waals surface area contributed by atoms with Crippen LogP contribution in [-0.4, -0.2) is 88.1 Å². The van der Waals surface area contributed by atoms with Crippen molar-refractivity contribution in [2.24, 2.45) is 5.92 Å². The molecule has 0 atom stereocenters. The predicted octanol–water partition coefficient (Wildman–Crippen LogP) is -1.25. The third kappa shape index (κ3) is 9.97. The zero-order valence-electron chi connectivity index (χ0n) is 25.7. The molecule has 1 saturated heterocycles. The average Bonchev–Trinajstić information content (AvgIpc) is 3.67. The van der Waals surface area contributed by atoms with Crippen LogP contribution in [0.15, 0.2) is 30.9 Å². The second kappa shape index (κ2) is 15.4. The first-order valence-corrected chi connectivity index (χ1v) is 13.8. The summed E-state index contributed by atoms with van der Waals surface area (Å²) in [5.41, 5.74) is 1.60. The Morgan fingerprint density at radius 3 is 2.11 bits per heavy atom. The van der Waals surface area contributed by atoms with Crippen molar-refractivity contribution in [1.29, 1.82) is 0 Å². The van der Waals surface area contributed by atoms with Gasteiger partial charge in [-0.15, -0.1) is 0 Å². The minimum Gasteiger partial charge on any atom is -0.625 e. The van der Waals surface area contributed by atoms with Crippen molar-refractivity contribution in [3.63, 3.8) is 0 Å². The van der Waals surface area contributed by atoms with Crippen LogP contribution < -0.4 is 39.8 Å². The molecular weight excluding hydrogens is 587 g/mol. The molecule has 0 unspecified atom stereocenters. The summed E-state index contributed by atoms with van der Waals surface area (Å²) in [6.07, 6.45) is 9.00. The molecule has 14 nitrogen and oxygen atoms in total. The number of rotatable bonds is 9. The van der Waals surface area contributed by atoms with Gasteiger partial charge >= 0.3 is 36.9 Å². The SMILES string of the molecule is CC(=O)O[BH-](OC(C)=O)OC(C)=O.Cc1cn2cc(NC(=O)c3cnc(N4CC(CN(C)C5CC5)C4)nc3)cc(F)c2n1.[Na+]. The summed E-state index contributed by atoms with van der Waals surface area (Å²) < 4.78 is 29.0. The molecule has 44 heavy (non-hydrogen) atoms. The molecule has 3 aromatic heterocycles. The Bertz CT molecular complexity index is 1460. The molecule has 1 saturated carbocycles. The van der Waals surface area contributed by atoms with Crippen LogP contribution in [0.25, 0.3) is 5.65 Å². The Balaban J connectivity index is 0.000000324. The normalized spacial score (nSPS) is 14.2. The molecule has 17 heteroatoms. The average molecular weight is 621 g/mol. The zero-order chi connectivity index (χ0) is 31.3. The third-order valence-corrected chi connectivity index (χ3v) is 6.70. The Morgan fingerprint density at radius 2 is 1.59 bits per heavy atom. The van der Waals surface area contributed by atoms with E-state index in [9.17, 15) is 23.6 Å². The number of hydrogen-bond acceptors (Lipinski definition) is 12. The third-order valence-electron chi connectivity index (χ3n) is 6.70. The number of carbonyl (C=O) groups excluding carboxylic acids is 4. The fourth-order valence-electron chi connectivity index (χ4n) is 4.56. The van der Waals surface area contributed by atoms with Gasteiger partial charge in [0.05, 0.1) is 16.9 Å². The summed E-state index contributed by atoms with van der Waals surface area (Å²) in [7, 11) is -0.213. The molecule has 4 heterocycles. The molecular formula is C27H34BFN7NaO7. The van der Waals surface area contributed by atoms with Crippen molar-refractivity contribution in [2.75, 3.05) is 36.9 Å². The van der Waals surface area contributed by atoms with Crippen molar-refractivity contribution >= 4 is 48.4 Å². The van der Waals surface area contributed by atoms with Crippen LogP contribution in [0, 0.1) is 18.7 Å². The number of hydrogen-bond donors (Lipinski definition) is 1. The first-order valence-electron chi connectivity index (χ1n) is 13.8. The van der Waals surface area contributed by atoms with Crippen LogP contribution in [0.4, 0.5) is 16.0 Å². The van der Waals surface area contributed by atoms with E-state index in [0.29, 0.717) is 28.8 Å². The van der Waals surface area contributed by atoms with E-state index < -0.39 is 31.0 Å². The topological polar surface area (TPSA) is 158 Å². The molecule has 5 rings (SSSR count). The van der Waals surface area contributed by atoms with Gasteiger partial charge in [-0.1, -0.05) is 0 Å². The van der Waals surface area contributed by atoms with Gasteiger partial charge in [-0.2, -0.15) is 0 Å². The molecule has 2 fully saturated rings. The minimum atomic E-state index is -2.41. The van der Waals surface area contributed by atoms with Crippen LogP contribution in [-0.2, 0) is 28.3 Å². The molecule has 3 aromatic rings. The first-order chi connectivity index (χ1) is 20.4. The maximum atomic E-state index is 14.2. The number of aromatic nitrogens is 4. The van der Waals surface area contributed by atoms with Crippen molar-refractivity contribution in [1.82, 2.24) is 24.3 Å². The van der Waals surface area contributed by atoms with E-state index in [-0.39, 0.29) is 41.1 Å². The molecule has 0 radical (unpaired) electrons. The predicted molar refractivity (Wildman–Crippen MR) is 154 cm³/mol. The second-order valence-electron chi connectivity index (χ2n) is 10.6. The number of imidazole rings is 1. The van der Waals surface area contributed by atoms with Gasteiger partial charge in [-0.05, 0) is 26.8 Å². The molecule has 230 valence electrons. The number of halogens is 1. The molecule has 1 aliphatic heterocycles. The van der Waals surface area contributed by atoms with Gasteiger partial charge in [0.1, 0.15) is 0 Å². The number of pyridine rings is 1. The monoisotopic (exact) mass is 621 g/mol. The van der Waals surface area contributed by atoms with E-state index in [4.69, 9.17) is 0 Å². The molecule has 0 aromatic carbocycles. The van der Waals surface area contributed by atoms with Gasteiger partial charge in [0.15, 0.2) is 11.5 Å². The van der Waals surface area contributed by atoms with Crippen LogP contribution in [0.1, 0.15) is 49.7 Å². The molecule has 1 amide bonds. The van der Waals surface area contributed by atoms with E-state index in [1.165, 1.54) is 31.3 Å². The number of nitrogens with zero attached hydrogens (tertiary/aromatic N) is 6. The maximum Gasteiger partial charge on any atom is 1.00 e. The summed E-state index contributed by atoms with van der Waals surface area (Å²) >= 11 is 0. The Hall–Kier alpha value is -3.60. The van der Waals surface area contributed by atoms with E-state index in [2.05, 4.69) is 51.1 Å². The smallest absolute Gasteiger partial charge is 0.625 e. The molecule has 2 aliphatic rings. The summed E-state index contributed by atoms with van der Waals surface area (Å²) in [5, 5.41) is 2.70. The zero-order valence-corrected chi connectivity index (χ0v) is 27.7. The fraction of sp³-hybridized carbons (Fsp3) is 0.444. The van der Waals surface area contributed by atoms with Crippen LogP contribution in [0.5, 0.6) is 0 Å². The summed E-state index contributed by atoms with van der Waals surface area (Å²) in [4.78, 5) is 61.2. The van der Waals surface area contributed by atoms with Gasteiger partial charge < -0.3 is 33.5 Å². The summed E-state index contributed by atoms with van der Waals surface area (Å²) in [6.45, 7) is 8.12. The van der Waals surface area contributed by atoms with Crippen molar-refractivity contribution in [2.45, 2.75) is 46.6 Å². The minimum absolute atomic E-state index is 0. The van der Waals surface area contributed by atoms with Crippen molar-refractivity contribution in [3.8, 4) is 0 Å². The van der Waals surface area contributed by atoms with Gasteiger partial charge in [0.2, 0.25) is 5.95 Å². The summed E-state index contributed by atoms with van der Waals surface area (Å²) in [6, 6.07) is 2.04. The quantitative estimate of drug-likeness (QED) is 0.284. The van der Waals surface area contributed by atoms with Crippen LogP contribution >= 0.6 is 0 Å². The molecule has 1 N–H and O–H groups in total. The number of amides is 1. The largest absolute Gasteiger partial charge is 1.00 e. The van der Waals surface area contributed by atoms with Gasteiger partial charge in [-0.3, -0.25) is 19.2 Å². The number of aryl methyl sites for hydroxylation is 1. The van der Waals surface area contributed by atoms with E-state index in [0.717, 1.165) is 46.4 Å². The standard InChI is InChI=1S/C21H24FN7O.C6H10BO6.Na/c1-13-8-28-12-16(5-18(22)19(28)25-13)26-20(30)15-6-23-21(24-7-15)29-10-14(11-29)9-27(2)17-3-4-17;1-4(8)11-7(12-5(2)9)13-6(3)10;/h5-8,12,14,17H,3-4,9-11H2,1-2H3,(H,26,30);7H,1-3H3;/q;-1;+1. The summed E-state index contributed by atoms with van der Waals surface area (Å²) in [5.74, 6) is -1.64. The maximum absolute atomic E-state index is 14.2. The van der Waals surface area contributed by atoms with Gasteiger partial charge in [0.25, 0.3) is 23.8 Å². The van der Waals surface area contributed by atoms with Crippen molar-refractivity contribution < 1.29 is 67.1 Å². The number of nitrogens with one attached hydrogen (secondary N) is 1. The molecule has 0 spiro atoms. The fourth-order valence-corrected chi connectivity index (χ4v) is 4.56. The second-order valence-corrected chi connectivity index (χ2v) is 10.6. The molecule has 1 aliphatic carbocycles. The van der Waals surface area contributed by atoms with Gasteiger partial charge in [-0.25, -0.2) is 19.3 Å². The van der Waals surface area contributed by atoms with E-state index in [1.54, 1.807) is 23.7 Å². The van der Waals surface area contributed by atoms with Crippen LogP contribution in [0.2, 0.25) is 0 Å². The number of fused-ring (bicyclic) bond motifs is 1. The van der Waals surface area contributed by atoms with E-state index in [1.807, 2.05) is 0 Å². The van der Waals surface area contributed by atoms with Gasteiger partial charge in [0, 0.05) is 83.2 Å². The number of anilines is 2. The first kappa shape index (κ1) is 34.9. The van der Waals surface area contributed by atoms with Crippen LogP contribution in [0.3, 0.4) is 0 Å². The number of carbonyl (C=O) groups is 4.